The van der Waals surface area contributed by atoms with Crippen molar-refractivity contribution in [3.8, 4) is 0 Å². The summed E-state index contributed by atoms with van der Waals surface area (Å²) in [6.07, 6.45) is 10.1. The minimum absolute atomic E-state index is 0.101. The first-order chi connectivity index (χ1) is 15.4. The number of nitrogens with one attached hydrogen (secondary N) is 1. The van der Waals surface area contributed by atoms with Gasteiger partial charge in [-0.15, -0.1) is 15.3 Å². The molecule has 32 heavy (non-hydrogen) atoms. The molecule has 0 aromatic carbocycles. The van der Waals surface area contributed by atoms with E-state index in [1.165, 1.54) is 50.3 Å². The summed E-state index contributed by atoms with van der Waals surface area (Å²) in [5.74, 6) is 3.05. The van der Waals surface area contributed by atoms with E-state index < -0.39 is 0 Å². The van der Waals surface area contributed by atoms with Gasteiger partial charge in [0.05, 0.1) is 6.42 Å². The molecule has 0 aliphatic heterocycles. The summed E-state index contributed by atoms with van der Waals surface area (Å²) in [5.41, 5.74) is 2.77. The summed E-state index contributed by atoms with van der Waals surface area (Å²) in [6.45, 7) is 3.87. The van der Waals surface area contributed by atoms with Crippen molar-refractivity contribution >= 4 is 39.9 Å². The molecule has 0 atom stereocenters. The summed E-state index contributed by atoms with van der Waals surface area (Å²) in [7, 11) is 0. The molecule has 4 bridgehead atoms. The molecule has 10 heteroatoms. The molecule has 3 heterocycles. The number of carbonyl (C=O) groups is 1. The second-order valence-corrected chi connectivity index (χ2v) is 11.7. The fraction of sp³-hybridized carbons (Fsp3) is 0.636. The van der Waals surface area contributed by atoms with Crippen molar-refractivity contribution in [2.75, 3.05) is 11.6 Å². The zero-order valence-electron chi connectivity index (χ0n) is 18.6. The maximum absolute atomic E-state index is 12.9. The van der Waals surface area contributed by atoms with Crippen molar-refractivity contribution in [3.63, 3.8) is 0 Å². The van der Waals surface area contributed by atoms with E-state index in [9.17, 15) is 4.79 Å². The molecule has 3 aromatic heterocycles. The number of nitrogens with zero attached hydrogens (tertiary/aromatic N) is 6. The lowest BCUT2D eigenvalue weighted by atomic mass is 9.50. The first-order valence-electron chi connectivity index (χ1n) is 11.3. The van der Waals surface area contributed by atoms with E-state index in [-0.39, 0.29) is 17.7 Å². The Morgan fingerprint density at radius 2 is 1.81 bits per heavy atom. The molecule has 4 fully saturated rings. The van der Waals surface area contributed by atoms with Crippen LogP contribution in [0.2, 0.25) is 0 Å². The monoisotopic (exact) mass is 469 g/mol. The molecular weight excluding hydrogens is 442 g/mol. The zero-order valence-corrected chi connectivity index (χ0v) is 20.2. The van der Waals surface area contributed by atoms with Gasteiger partial charge in [0.2, 0.25) is 16.2 Å². The van der Waals surface area contributed by atoms with E-state index >= 15 is 0 Å². The molecule has 7 rings (SSSR count). The highest BCUT2D eigenvalue weighted by atomic mass is 32.2. The first kappa shape index (κ1) is 20.5. The van der Waals surface area contributed by atoms with Gasteiger partial charge in [-0.05, 0) is 76.4 Å². The van der Waals surface area contributed by atoms with Crippen LogP contribution in [0.25, 0.3) is 5.78 Å². The topological polar surface area (TPSA) is 98.0 Å². The van der Waals surface area contributed by atoms with Crippen LogP contribution in [0.4, 0.5) is 5.13 Å². The van der Waals surface area contributed by atoms with E-state index in [2.05, 4.69) is 30.6 Å². The SMILES string of the molecule is CSc1nc2nc(C)c(CC(=O)Nc3nnc(C45CC6CC(CC(C6)C4)C5)s3)c(C)n2n1. The van der Waals surface area contributed by atoms with E-state index in [0.717, 1.165) is 39.7 Å². The van der Waals surface area contributed by atoms with E-state index in [1.807, 2.05) is 20.1 Å². The summed E-state index contributed by atoms with van der Waals surface area (Å²) in [4.78, 5) is 21.8. The fourth-order valence-corrected chi connectivity index (χ4v) is 8.03. The van der Waals surface area contributed by atoms with Gasteiger partial charge in [0.1, 0.15) is 5.01 Å². The third kappa shape index (κ3) is 3.34. The number of thioether (sulfide) groups is 1. The van der Waals surface area contributed by atoms with Crippen molar-refractivity contribution < 1.29 is 4.79 Å². The lowest BCUT2D eigenvalue weighted by Gasteiger charge is -2.55. The molecule has 0 spiro atoms. The van der Waals surface area contributed by atoms with Crippen LogP contribution >= 0.6 is 23.1 Å². The molecule has 4 saturated carbocycles. The number of hydrogen-bond donors (Lipinski definition) is 1. The Morgan fingerprint density at radius 3 is 2.47 bits per heavy atom. The highest BCUT2D eigenvalue weighted by Crippen LogP contribution is 2.61. The van der Waals surface area contributed by atoms with Gasteiger partial charge in [0, 0.05) is 22.4 Å². The number of anilines is 1. The van der Waals surface area contributed by atoms with Gasteiger partial charge in [-0.25, -0.2) is 9.50 Å². The number of hydrogen-bond acceptors (Lipinski definition) is 8. The molecule has 4 aliphatic carbocycles. The second-order valence-electron chi connectivity index (χ2n) is 9.91. The minimum Gasteiger partial charge on any atom is -0.300 e. The third-order valence-electron chi connectivity index (χ3n) is 7.71. The molecule has 1 amide bonds. The summed E-state index contributed by atoms with van der Waals surface area (Å²) < 4.78 is 1.72. The number of fused-ring (bicyclic) bond motifs is 1. The largest absolute Gasteiger partial charge is 0.300 e. The number of rotatable bonds is 5. The van der Waals surface area contributed by atoms with Gasteiger partial charge in [-0.2, -0.15) is 4.98 Å². The molecule has 4 aliphatic rings. The molecule has 0 unspecified atom stereocenters. The van der Waals surface area contributed by atoms with Crippen LogP contribution in [0.3, 0.4) is 0 Å². The summed E-state index contributed by atoms with van der Waals surface area (Å²) in [6, 6.07) is 0. The first-order valence-corrected chi connectivity index (χ1v) is 13.4. The van der Waals surface area contributed by atoms with Crippen LogP contribution in [0.15, 0.2) is 5.16 Å². The van der Waals surface area contributed by atoms with Crippen LogP contribution < -0.4 is 5.32 Å². The van der Waals surface area contributed by atoms with Crippen LogP contribution in [0.1, 0.15) is 60.5 Å². The van der Waals surface area contributed by atoms with E-state index in [0.29, 0.717) is 16.1 Å². The average Bonchev–Trinajstić information content (AvgIpc) is 3.37. The quantitative estimate of drug-likeness (QED) is 0.565. The molecule has 8 nitrogen and oxygen atoms in total. The predicted molar refractivity (Wildman–Crippen MR) is 124 cm³/mol. The normalized spacial score (nSPS) is 28.5. The minimum atomic E-state index is -0.101. The maximum Gasteiger partial charge on any atom is 0.253 e. The molecule has 3 aromatic rings. The average molecular weight is 470 g/mol. The van der Waals surface area contributed by atoms with Gasteiger partial charge in [-0.1, -0.05) is 23.1 Å². The van der Waals surface area contributed by atoms with E-state index in [1.54, 1.807) is 15.9 Å². The van der Waals surface area contributed by atoms with Gasteiger partial charge in [0.25, 0.3) is 5.78 Å². The van der Waals surface area contributed by atoms with Crippen molar-refractivity contribution in [2.45, 2.75) is 69.4 Å². The summed E-state index contributed by atoms with van der Waals surface area (Å²) in [5, 5.41) is 18.8. The number of aryl methyl sites for hydroxylation is 2. The number of amides is 1. The number of aromatic nitrogens is 6. The van der Waals surface area contributed by atoms with Gasteiger partial charge in [0.15, 0.2) is 0 Å². The lowest BCUT2D eigenvalue weighted by Crippen LogP contribution is -2.48. The highest BCUT2D eigenvalue weighted by Gasteiger charge is 2.53. The Bertz CT molecular complexity index is 1180. The smallest absolute Gasteiger partial charge is 0.253 e. The molecule has 0 saturated heterocycles. The fourth-order valence-electron chi connectivity index (χ4n) is 6.72. The lowest BCUT2D eigenvalue weighted by molar-refractivity contribution is -0.115. The van der Waals surface area contributed by atoms with Crippen LogP contribution in [0, 0.1) is 31.6 Å². The maximum atomic E-state index is 12.9. The van der Waals surface area contributed by atoms with Gasteiger partial charge < -0.3 is 5.32 Å². The van der Waals surface area contributed by atoms with Crippen LogP contribution in [-0.4, -0.2) is 41.9 Å². The van der Waals surface area contributed by atoms with E-state index in [4.69, 9.17) is 0 Å². The Morgan fingerprint density at radius 1 is 1.12 bits per heavy atom. The Labute approximate surface area is 195 Å². The standard InChI is InChI=1S/C22H27N7OS2/c1-11-16(12(2)29-19(23-11)25-21(28-29)31-3)7-17(30)24-20-27-26-18(32-20)22-8-13-4-14(9-22)6-15(5-13)10-22/h13-15H,4-10H2,1-3H3,(H,24,27,30). The molecule has 168 valence electrons. The van der Waals surface area contributed by atoms with Crippen LogP contribution in [0.5, 0.6) is 0 Å². The van der Waals surface area contributed by atoms with Crippen molar-refractivity contribution in [2.24, 2.45) is 17.8 Å². The molecular formula is C22H27N7OS2. The van der Waals surface area contributed by atoms with Crippen molar-refractivity contribution in [3.05, 3.63) is 22.0 Å². The Hall–Kier alpha value is -2.07. The third-order valence-corrected chi connectivity index (χ3v) is 9.34. The van der Waals surface area contributed by atoms with Gasteiger partial charge >= 0.3 is 0 Å². The predicted octanol–water partition coefficient (Wildman–Crippen LogP) is 3.96. The zero-order chi connectivity index (χ0) is 22.0. The Balaban J connectivity index is 1.20. The van der Waals surface area contributed by atoms with Gasteiger partial charge in [-0.3, -0.25) is 4.79 Å². The Kier molecular flexibility index (Phi) is 4.80. The van der Waals surface area contributed by atoms with Crippen molar-refractivity contribution in [1.82, 2.24) is 29.8 Å². The van der Waals surface area contributed by atoms with Crippen LogP contribution in [-0.2, 0) is 16.6 Å². The van der Waals surface area contributed by atoms with Crippen molar-refractivity contribution in [1.29, 1.82) is 0 Å². The molecule has 1 N–H and O–H groups in total. The number of carbonyl (C=O) groups excluding carboxylic acids is 1. The summed E-state index contributed by atoms with van der Waals surface area (Å²) >= 11 is 3.05. The second kappa shape index (κ2) is 7.48. The highest BCUT2D eigenvalue weighted by molar-refractivity contribution is 7.98. The molecule has 0 radical (unpaired) electrons.